The third-order valence-corrected chi connectivity index (χ3v) is 6.44. The van der Waals surface area contributed by atoms with Crippen LogP contribution >= 0.6 is 0 Å². The molecule has 0 spiro atoms. The minimum Gasteiger partial charge on any atom is -0.479 e. The zero-order valence-corrected chi connectivity index (χ0v) is 17.6. The average molecular weight is 422 g/mol. The molecule has 7 nitrogen and oxygen atoms in total. The molecular weight excluding hydrogens is 396 g/mol. The predicted octanol–water partition coefficient (Wildman–Crippen LogP) is 3.38. The molecule has 2 aromatic carbocycles. The summed E-state index contributed by atoms with van der Waals surface area (Å²) in [4.78, 5) is 38.0. The first-order chi connectivity index (χ1) is 14.9. The van der Waals surface area contributed by atoms with Crippen molar-refractivity contribution in [2.24, 2.45) is 0 Å². The van der Waals surface area contributed by atoms with E-state index in [0.717, 1.165) is 22.3 Å². The number of amides is 2. The van der Waals surface area contributed by atoms with Crippen LogP contribution in [-0.4, -0.2) is 53.2 Å². The topological polar surface area (TPSA) is 95.9 Å². The lowest BCUT2D eigenvalue weighted by Crippen LogP contribution is -2.53. The Balaban J connectivity index is 1.41. The normalized spacial score (nSPS) is 16.6. The monoisotopic (exact) mass is 422 g/mol. The number of rotatable bonds is 7. The number of carbonyl (C=O) groups is 3. The molecule has 2 aliphatic carbocycles. The van der Waals surface area contributed by atoms with Crippen molar-refractivity contribution in [1.82, 2.24) is 10.2 Å². The average Bonchev–Trinajstić information content (AvgIpc) is 3.54. The second-order valence-corrected chi connectivity index (χ2v) is 8.16. The molecule has 0 heterocycles. The first-order valence-electron chi connectivity index (χ1n) is 10.5. The van der Waals surface area contributed by atoms with Crippen LogP contribution in [0, 0.1) is 0 Å². The lowest BCUT2D eigenvalue weighted by molar-refractivity contribution is -0.151. The number of nitrogens with zero attached hydrogens (tertiary/aromatic N) is 1. The van der Waals surface area contributed by atoms with Crippen LogP contribution in [0.3, 0.4) is 0 Å². The smallest absolute Gasteiger partial charge is 0.407 e. The highest BCUT2D eigenvalue weighted by Gasteiger charge is 2.56. The molecule has 2 aliphatic rings. The van der Waals surface area contributed by atoms with Crippen molar-refractivity contribution < 1.29 is 24.2 Å². The van der Waals surface area contributed by atoms with Crippen LogP contribution in [0.25, 0.3) is 11.1 Å². The van der Waals surface area contributed by atoms with Gasteiger partial charge in [-0.25, -0.2) is 9.59 Å². The van der Waals surface area contributed by atoms with Crippen LogP contribution in [0.1, 0.15) is 43.2 Å². The number of alkyl carbamates (subject to hydrolysis) is 1. The van der Waals surface area contributed by atoms with Crippen molar-refractivity contribution in [1.29, 1.82) is 0 Å². The summed E-state index contributed by atoms with van der Waals surface area (Å²) >= 11 is 0. The van der Waals surface area contributed by atoms with Gasteiger partial charge in [0.15, 0.2) is 0 Å². The fourth-order valence-corrected chi connectivity index (χ4v) is 4.38. The maximum atomic E-state index is 12.8. The zero-order chi connectivity index (χ0) is 22.2. The molecular formula is C24H26N2O5. The second kappa shape index (κ2) is 8.06. The van der Waals surface area contributed by atoms with Gasteiger partial charge in [-0.2, -0.15) is 0 Å². The Morgan fingerprint density at radius 2 is 1.65 bits per heavy atom. The Morgan fingerprint density at radius 3 is 2.13 bits per heavy atom. The van der Waals surface area contributed by atoms with Gasteiger partial charge in [0.2, 0.25) is 5.91 Å². The van der Waals surface area contributed by atoms with E-state index in [1.54, 1.807) is 6.92 Å². The van der Waals surface area contributed by atoms with Crippen LogP contribution in [-0.2, 0) is 14.3 Å². The lowest BCUT2D eigenvalue weighted by atomic mass is 9.98. The van der Waals surface area contributed by atoms with Crippen molar-refractivity contribution in [3.05, 3.63) is 59.7 Å². The Bertz CT molecular complexity index is 985. The molecule has 2 amide bonds. The number of fused-ring (bicyclic) bond motifs is 3. The van der Waals surface area contributed by atoms with E-state index in [1.807, 2.05) is 36.4 Å². The summed E-state index contributed by atoms with van der Waals surface area (Å²) in [6.07, 6.45) is 0.497. The molecule has 0 radical (unpaired) electrons. The third kappa shape index (κ3) is 3.65. The van der Waals surface area contributed by atoms with Crippen LogP contribution in [0.15, 0.2) is 48.5 Å². The summed E-state index contributed by atoms with van der Waals surface area (Å²) in [5, 5.41) is 12.0. The number of benzene rings is 2. The molecule has 2 aromatic rings. The van der Waals surface area contributed by atoms with Gasteiger partial charge in [0, 0.05) is 13.0 Å². The summed E-state index contributed by atoms with van der Waals surface area (Å²) in [6.45, 7) is 1.92. The van der Waals surface area contributed by atoms with E-state index < -0.39 is 29.6 Å². The molecule has 0 aliphatic heterocycles. The number of aliphatic carboxylic acids is 1. The van der Waals surface area contributed by atoms with Crippen LogP contribution in [0.2, 0.25) is 0 Å². The first-order valence-corrected chi connectivity index (χ1v) is 10.5. The standard InChI is InChI=1S/C24H26N2O5/c1-3-20(21(27)26(2)24(12-13-24)22(28)29)25-23(30)31-14-19-17-10-6-4-8-15(17)16-9-5-7-11-18(16)19/h4-11,19-20H,3,12-14H2,1-2H3,(H,25,30)(H,28,29)/t20-/m1/s1. The number of carboxylic acid groups (broad SMARTS) is 1. The van der Waals surface area contributed by atoms with Gasteiger partial charge >= 0.3 is 12.1 Å². The fraction of sp³-hybridized carbons (Fsp3) is 0.375. The maximum absolute atomic E-state index is 12.8. The van der Waals surface area contributed by atoms with Crippen LogP contribution in [0.4, 0.5) is 4.79 Å². The number of nitrogens with one attached hydrogen (secondary N) is 1. The molecule has 0 aromatic heterocycles. The van der Waals surface area contributed by atoms with Gasteiger partial charge in [-0.1, -0.05) is 55.5 Å². The molecule has 0 bridgehead atoms. The molecule has 0 saturated heterocycles. The quantitative estimate of drug-likeness (QED) is 0.713. The van der Waals surface area contributed by atoms with Gasteiger partial charge < -0.3 is 20.1 Å². The molecule has 1 atom stereocenters. The molecule has 7 heteroatoms. The molecule has 162 valence electrons. The predicted molar refractivity (Wildman–Crippen MR) is 115 cm³/mol. The molecule has 4 rings (SSSR count). The maximum Gasteiger partial charge on any atom is 0.407 e. The van der Waals surface area contributed by atoms with Crippen LogP contribution in [0.5, 0.6) is 0 Å². The second-order valence-electron chi connectivity index (χ2n) is 8.16. The van der Waals surface area contributed by atoms with Gasteiger partial charge in [-0.15, -0.1) is 0 Å². The summed E-state index contributed by atoms with van der Waals surface area (Å²) in [5.74, 6) is -1.51. The largest absolute Gasteiger partial charge is 0.479 e. The van der Waals surface area contributed by atoms with Gasteiger partial charge in [0.25, 0.3) is 0 Å². The third-order valence-electron chi connectivity index (χ3n) is 6.44. The molecule has 0 unspecified atom stereocenters. The summed E-state index contributed by atoms with van der Waals surface area (Å²) in [6, 6.07) is 15.3. The summed E-state index contributed by atoms with van der Waals surface area (Å²) < 4.78 is 5.51. The molecule has 2 N–H and O–H groups in total. The fourth-order valence-electron chi connectivity index (χ4n) is 4.38. The molecule has 31 heavy (non-hydrogen) atoms. The van der Waals surface area contributed by atoms with E-state index >= 15 is 0 Å². The van der Waals surface area contributed by atoms with E-state index in [-0.39, 0.29) is 12.5 Å². The number of ether oxygens (including phenoxy) is 1. The highest BCUT2D eigenvalue weighted by molar-refractivity contribution is 5.93. The Kier molecular flexibility index (Phi) is 5.43. The van der Waals surface area contributed by atoms with Crippen molar-refractivity contribution in [3.63, 3.8) is 0 Å². The zero-order valence-electron chi connectivity index (χ0n) is 17.6. The minimum atomic E-state index is -1.15. The lowest BCUT2D eigenvalue weighted by Gasteiger charge is -2.28. The van der Waals surface area contributed by atoms with E-state index in [0.29, 0.717) is 19.3 Å². The van der Waals surface area contributed by atoms with Crippen molar-refractivity contribution in [2.45, 2.75) is 43.7 Å². The Hall–Kier alpha value is -3.35. The summed E-state index contributed by atoms with van der Waals surface area (Å²) in [5.41, 5.74) is 3.35. The first kappa shape index (κ1) is 20.9. The Morgan fingerprint density at radius 1 is 1.10 bits per heavy atom. The van der Waals surface area contributed by atoms with E-state index in [2.05, 4.69) is 17.4 Å². The summed E-state index contributed by atoms with van der Waals surface area (Å²) in [7, 11) is 1.48. The van der Waals surface area contributed by atoms with Crippen LogP contribution < -0.4 is 5.32 Å². The number of hydrogen-bond acceptors (Lipinski definition) is 4. The van der Waals surface area contributed by atoms with Gasteiger partial charge in [-0.05, 0) is 41.5 Å². The number of carbonyl (C=O) groups excluding carboxylic acids is 2. The van der Waals surface area contributed by atoms with Crippen molar-refractivity contribution in [2.75, 3.05) is 13.7 Å². The van der Waals surface area contributed by atoms with E-state index in [1.165, 1.54) is 11.9 Å². The molecule has 1 saturated carbocycles. The van der Waals surface area contributed by atoms with Crippen molar-refractivity contribution in [3.8, 4) is 11.1 Å². The minimum absolute atomic E-state index is 0.0710. The van der Waals surface area contributed by atoms with Gasteiger partial charge in [0.1, 0.15) is 18.2 Å². The number of likely N-dealkylation sites (N-methyl/N-ethyl adjacent to an activating group) is 1. The number of hydrogen-bond donors (Lipinski definition) is 2. The highest BCUT2D eigenvalue weighted by atomic mass is 16.5. The Labute approximate surface area is 181 Å². The van der Waals surface area contributed by atoms with Gasteiger partial charge in [0.05, 0.1) is 0 Å². The van der Waals surface area contributed by atoms with E-state index in [4.69, 9.17) is 4.74 Å². The van der Waals surface area contributed by atoms with Crippen molar-refractivity contribution >= 4 is 18.0 Å². The van der Waals surface area contributed by atoms with Gasteiger partial charge in [-0.3, -0.25) is 4.79 Å². The SMILES string of the molecule is CC[C@@H](NC(=O)OCC1c2ccccc2-c2ccccc21)C(=O)N(C)C1(C(=O)O)CC1. The molecule has 1 fully saturated rings. The highest BCUT2D eigenvalue weighted by Crippen LogP contribution is 2.44. The number of carboxylic acids is 1. The van der Waals surface area contributed by atoms with E-state index in [9.17, 15) is 19.5 Å².